The molecule has 0 aliphatic carbocycles. The number of nitrogens with one attached hydrogen (secondary N) is 1. The quantitative estimate of drug-likeness (QED) is 0.911. The third-order valence-corrected chi connectivity index (χ3v) is 4.43. The largest absolute Gasteiger partial charge is 0.344 e. The Labute approximate surface area is 123 Å². The zero-order valence-corrected chi connectivity index (χ0v) is 12.9. The molecule has 0 amide bonds. The van der Waals surface area contributed by atoms with E-state index in [-0.39, 0.29) is 6.04 Å². The summed E-state index contributed by atoms with van der Waals surface area (Å²) in [4.78, 5) is 7.89. The van der Waals surface area contributed by atoms with Gasteiger partial charge >= 0.3 is 0 Å². The number of thiazole rings is 1. The molecule has 3 nitrogen and oxygen atoms in total. The minimum atomic E-state index is 0.243. The van der Waals surface area contributed by atoms with Crippen LogP contribution in [0.4, 0.5) is 5.13 Å². The SMILES string of the molecule is CNCc1cnc(N(C)C(C)c2cccc(Cl)c2)s1. The molecule has 0 aliphatic heterocycles. The fraction of sp³-hybridized carbons (Fsp3) is 0.357. The first-order valence-electron chi connectivity index (χ1n) is 6.19. The Morgan fingerprint density at radius 1 is 1.47 bits per heavy atom. The average Bonchev–Trinajstić information content (AvgIpc) is 2.86. The van der Waals surface area contributed by atoms with Gasteiger partial charge in [0.2, 0.25) is 0 Å². The highest BCUT2D eigenvalue weighted by atomic mass is 35.5. The lowest BCUT2D eigenvalue weighted by atomic mass is 10.1. The van der Waals surface area contributed by atoms with E-state index in [1.807, 2.05) is 31.4 Å². The standard InChI is InChI=1S/C14H18ClN3S/c1-10(11-5-4-6-12(15)7-11)18(3)14-17-9-13(19-14)8-16-2/h4-7,9-10,16H,8H2,1-3H3. The van der Waals surface area contributed by atoms with E-state index in [1.165, 1.54) is 10.4 Å². The van der Waals surface area contributed by atoms with Crippen molar-refractivity contribution in [3.63, 3.8) is 0 Å². The zero-order valence-electron chi connectivity index (χ0n) is 11.4. The molecule has 19 heavy (non-hydrogen) atoms. The van der Waals surface area contributed by atoms with E-state index in [0.717, 1.165) is 16.7 Å². The molecule has 0 saturated carbocycles. The van der Waals surface area contributed by atoms with Gasteiger partial charge < -0.3 is 10.2 Å². The van der Waals surface area contributed by atoms with Crippen LogP contribution in [0.3, 0.4) is 0 Å². The molecule has 1 unspecified atom stereocenters. The second-order valence-corrected chi connectivity index (χ2v) is 6.01. The predicted octanol–water partition coefficient (Wildman–Crippen LogP) is 3.71. The number of anilines is 1. The molecule has 1 aromatic heterocycles. The summed E-state index contributed by atoms with van der Waals surface area (Å²) in [5.41, 5.74) is 1.19. The number of nitrogens with zero attached hydrogens (tertiary/aromatic N) is 2. The Hall–Kier alpha value is -1.10. The monoisotopic (exact) mass is 295 g/mol. The van der Waals surface area contributed by atoms with E-state index < -0.39 is 0 Å². The highest BCUT2D eigenvalue weighted by Gasteiger charge is 2.15. The number of benzene rings is 1. The van der Waals surface area contributed by atoms with Crippen LogP contribution in [0.15, 0.2) is 30.5 Å². The molecule has 0 fully saturated rings. The van der Waals surface area contributed by atoms with Crippen molar-refractivity contribution >= 4 is 28.1 Å². The van der Waals surface area contributed by atoms with Crippen molar-refractivity contribution in [2.45, 2.75) is 19.5 Å². The number of rotatable bonds is 5. The number of hydrogen-bond acceptors (Lipinski definition) is 4. The molecule has 0 radical (unpaired) electrons. The highest BCUT2D eigenvalue weighted by molar-refractivity contribution is 7.15. The first-order chi connectivity index (χ1) is 9.11. The van der Waals surface area contributed by atoms with E-state index in [2.05, 4.69) is 35.2 Å². The van der Waals surface area contributed by atoms with Crippen LogP contribution in [0.5, 0.6) is 0 Å². The lowest BCUT2D eigenvalue weighted by molar-refractivity contribution is 0.737. The van der Waals surface area contributed by atoms with Crippen molar-refractivity contribution in [2.75, 3.05) is 19.0 Å². The molecule has 0 saturated heterocycles. The third-order valence-electron chi connectivity index (χ3n) is 3.11. The lowest BCUT2D eigenvalue weighted by Gasteiger charge is -2.24. The van der Waals surface area contributed by atoms with Crippen LogP contribution in [-0.4, -0.2) is 19.1 Å². The van der Waals surface area contributed by atoms with E-state index in [4.69, 9.17) is 11.6 Å². The minimum Gasteiger partial charge on any atom is -0.344 e. The summed E-state index contributed by atoms with van der Waals surface area (Å²) in [5, 5.41) is 4.94. The fourth-order valence-electron chi connectivity index (χ4n) is 1.87. The molecule has 102 valence electrons. The van der Waals surface area contributed by atoms with Crippen molar-refractivity contribution in [3.8, 4) is 0 Å². The van der Waals surface area contributed by atoms with Crippen LogP contribution in [0.25, 0.3) is 0 Å². The van der Waals surface area contributed by atoms with Gasteiger partial charge in [-0.3, -0.25) is 0 Å². The van der Waals surface area contributed by atoms with E-state index in [1.54, 1.807) is 11.3 Å². The van der Waals surface area contributed by atoms with Crippen LogP contribution in [0, 0.1) is 0 Å². The number of aromatic nitrogens is 1. The first-order valence-corrected chi connectivity index (χ1v) is 7.39. The summed E-state index contributed by atoms with van der Waals surface area (Å²) in [6.07, 6.45) is 1.93. The molecule has 0 aliphatic rings. The summed E-state index contributed by atoms with van der Waals surface area (Å²) in [7, 11) is 4.01. The van der Waals surface area contributed by atoms with Gasteiger partial charge in [-0.1, -0.05) is 23.7 Å². The molecule has 0 spiro atoms. The van der Waals surface area contributed by atoms with Crippen LogP contribution in [0.2, 0.25) is 5.02 Å². The second kappa shape index (κ2) is 6.37. The number of hydrogen-bond donors (Lipinski definition) is 1. The molecular formula is C14H18ClN3S. The number of halogens is 1. The maximum absolute atomic E-state index is 6.05. The van der Waals surface area contributed by atoms with Gasteiger partial charge in [0, 0.05) is 29.7 Å². The van der Waals surface area contributed by atoms with Gasteiger partial charge in [-0.15, -0.1) is 11.3 Å². The molecule has 2 aromatic rings. The molecular weight excluding hydrogens is 278 g/mol. The molecule has 1 N–H and O–H groups in total. The molecule has 1 aromatic carbocycles. The summed E-state index contributed by atoms with van der Waals surface area (Å²) in [6.45, 7) is 3.02. The van der Waals surface area contributed by atoms with Crippen LogP contribution in [0.1, 0.15) is 23.4 Å². The summed E-state index contributed by atoms with van der Waals surface area (Å²) >= 11 is 7.76. The van der Waals surface area contributed by atoms with Crippen molar-refractivity contribution in [3.05, 3.63) is 45.9 Å². The summed E-state index contributed by atoms with van der Waals surface area (Å²) < 4.78 is 0. The first kappa shape index (κ1) is 14.3. The van der Waals surface area contributed by atoms with Crippen molar-refractivity contribution in [1.82, 2.24) is 10.3 Å². The topological polar surface area (TPSA) is 28.2 Å². The van der Waals surface area contributed by atoms with Crippen LogP contribution >= 0.6 is 22.9 Å². The lowest BCUT2D eigenvalue weighted by Crippen LogP contribution is -2.21. The van der Waals surface area contributed by atoms with Gasteiger partial charge in [0.1, 0.15) is 0 Å². The summed E-state index contributed by atoms with van der Waals surface area (Å²) in [6, 6.07) is 8.22. The third kappa shape index (κ3) is 3.47. The normalized spacial score (nSPS) is 12.4. The Morgan fingerprint density at radius 3 is 2.95 bits per heavy atom. The van der Waals surface area contributed by atoms with Crippen molar-refractivity contribution < 1.29 is 0 Å². The van der Waals surface area contributed by atoms with Crippen molar-refractivity contribution in [1.29, 1.82) is 0 Å². The Kier molecular flexibility index (Phi) is 4.80. The van der Waals surface area contributed by atoms with Gasteiger partial charge in [0.15, 0.2) is 5.13 Å². The zero-order chi connectivity index (χ0) is 13.8. The molecule has 2 rings (SSSR count). The molecule has 1 heterocycles. The Balaban J connectivity index is 2.15. The predicted molar refractivity (Wildman–Crippen MR) is 83.1 cm³/mol. The average molecular weight is 296 g/mol. The highest BCUT2D eigenvalue weighted by Crippen LogP contribution is 2.29. The Bertz CT molecular complexity index is 541. The van der Waals surface area contributed by atoms with Crippen LogP contribution in [-0.2, 0) is 6.54 Å². The van der Waals surface area contributed by atoms with Gasteiger partial charge in [-0.2, -0.15) is 0 Å². The maximum Gasteiger partial charge on any atom is 0.185 e. The second-order valence-electron chi connectivity index (χ2n) is 4.48. The van der Waals surface area contributed by atoms with E-state index >= 15 is 0 Å². The maximum atomic E-state index is 6.05. The van der Waals surface area contributed by atoms with Gasteiger partial charge in [-0.05, 0) is 31.7 Å². The van der Waals surface area contributed by atoms with Crippen molar-refractivity contribution in [2.24, 2.45) is 0 Å². The fourth-order valence-corrected chi connectivity index (χ4v) is 3.03. The Morgan fingerprint density at radius 2 is 2.26 bits per heavy atom. The molecule has 0 bridgehead atoms. The molecule has 1 atom stereocenters. The van der Waals surface area contributed by atoms with E-state index in [0.29, 0.717) is 0 Å². The summed E-state index contributed by atoms with van der Waals surface area (Å²) in [5.74, 6) is 0. The molecule has 5 heteroatoms. The van der Waals surface area contributed by atoms with Crippen LogP contribution < -0.4 is 10.2 Å². The minimum absolute atomic E-state index is 0.243. The van der Waals surface area contributed by atoms with Gasteiger partial charge in [0.05, 0.1) is 6.04 Å². The smallest absolute Gasteiger partial charge is 0.185 e. The van der Waals surface area contributed by atoms with E-state index in [9.17, 15) is 0 Å². The van der Waals surface area contributed by atoms with Gasteiger partial charge in [0.25, 0.3) is 0 Å². The van der Waals surface area contributed by atoms with Gasteiger partial charge in [-0.25, -0.2) is 4.98 Å².